The second kappa shape index (κ2) is 9.02. The maximum Gasteiger partial charge on any atom is 0.321 e. The molecule has 23 valence electrons. The molecule has 0 heterocycles. The predicted octanol–water partition coefficient (Wildman–Crippen LogP) is 0.750. The standard InChI is InChI=1S/CH3OP.Sc.H/c1-3-2;;/h1H3;;/q;;-1/p+1. The third-order valence-corrected chi connectivity index (χ3v) is 0. The zero-order valence-corrected chi connectivity index (χ0v) is 5.29. The van der Waals surface area contributed by atoms with Crippen molar-refractivity contribution in [2.24, 2.45) is 0 Å². The molecule has 3 heteroatoms. The monoisotopic (exact) mass is 109 g/mol. The molecular weight excluding hydrogens is 104 g/mol. The van der Waals surface area contributed by atoms with Crippen LogP contribution in [0.2, 0.25) is 0 Å². The summed E-state index contributed by atoms with van der Waals surface area (Å²) in [5, 5.41) is 0. The molecule has 0 aliphatic carbocycles. The van der Waals surface area contributed by atoms with Crippen LogP contribution < -0.4 is 0 Å². The number of hydrogen-bond donors (Lipinski definition) is 0. The minimum Gasteiger partial charge on any atom is -1.00 e. The second-order valence-electron chi connectivity index (χ2n) is 0.204. The van der Waals surface area contributed by atoms with Crippen LogP contribution in [-0.2, 0) is 30.4 Å². The SMILES string of the molecule is C[PH+]=O.[H-].[Sc]. The average Bonchev–Trinajstić information content (AvgIpc) is 0.918. The third kappa shape index (κ3) is 12.2. The molecular formula is CH5OPSc. The van der Waals surface area contributed by atoms with E-state index >= 15 is 0 Å². The van der Waals surface area contributed by atoms with Gasteiger partial charge in [0, 0.05) is 25.8 Å². The van der Waals surface area contributed by atoms with E-state index < -0.39 is 0 Å². The second-order valence-corrected chi connectivity index (χ2v) is 0.612. The largest absolute Gasteiger partial charge is 1.00 e. The molecule has 1 unspecified atom stereocenters. The molecule has 0 aromatic carbocycles. The summed E-state index contributed by atoms with van der Waals surface area (Å²) in [4.78, 5) is 0. The van der Waals surface area contributed by atoms with Gasteiger partial charge in [0.25, 0.3) is 0 Å². The average molecular weight is 109 g/mol. The first-order chi connectivity index (χ1) is 1.41. The molecule has 0 aliphatic rings. The molecule has 0 N–H and O–H groups in total. The van der Waals surface area contributed by atoms with Crippen LogP contribution in [0.5, 0.6) is 0 Å². The van der Waals surface area contributed by atoms with Gasteiger partial charge < -0.3 is 1.43 Å². The third-order valence-electron chi connectivity index (χ3n) is 0. The summed E-state index contributed by atoms with van der Waals surface area (Å²) in [5.41, 5.74) is 0. The van der Waals surface area contributed by atoms with Crippen molar-refractivity contribution < 1.29 is 31.8 Å². The van der Waals surface area contributed by atoms with Crippen LogP contribution in [0.15, 0.2) is 0 Å². The fraction of sp³-hybridized carbons (Fsp3) is 1.00. The Bertz CT molecular complexity index is 19.1. The summed E-state index contributed by atoms with van der Waals surface area (Å²) in [6, 6.07) is 0. The van der Waals surface area contributed by atoms with E-state index in [2.05, 4.69) is 0 Å². The van der Waals surface area contributed by atoms with E-state index in [9.17, 15) is 0 Å². The molecule has 1 atom stereocenters. The van der Waals surface area contributed by atoms with E-state index in [1.54, 1.807) is 6.66 Å². The van der Waals surface area contributed by atoms with E-state index in [0.29, 0.717) is 0 Å². The van der Waals surface area contributed by atoms with Gasteiger partial charge in [-0.3, -0.25) is 0 Å². The Morgan fingerprint density at radius 1 is 2.00 bits per heavy atom. The number of rotatable bonds is 0. The Kier molecular flexibility index (Phi) is 20.0. The van der Waals surface area contributed by atoms with Gasteiger partial charge in [-0.05, 0) is 0 Å². The Morgan fingerprint density at radius 2 is 2.00 bits per heavy atom. The van der Waals surface area contributed by atoms with Crippen LogP contribution in [0, 0.1) is 0 Å². The van der Waals surface area contributed by atoms with Crippen molar-refractivity contribution in [2.75, 3.05) is 6.66 Å². The fourth-order valence-electron chi connectivity index (χ4n) is 0. The van der Waals surface area contributed by atoms with Crippen LogP contribution >= 0.6 is 8.46 Å². The number of hydrogen-bond acceptors (Lipinski definition) is 1. The molecule has 0 saturated carbocycles. The maximum atomic E-state index is 8.96. The first kappa shape index (κ1) is 8.88. The molecule has 0 aromatic rings. The van der Waals surface area contributed by atoms with Crippen molar-refractivity contribution in [2.45, 2.75) is 0 Å². The van der Waals surface area contributed by atoms with E-state index in [1.165, 1.54) is 0 Å². The molecule has 0 amide bonds. The molecule has 0 saturated heterocycles. The Balaban J connectivity index is -0.0000000200. The van der Waals surface area contributed by atoms with Crippen molar-refractivity contribution in [3.8, 4) is 0 Å². The quantitative estimate of drug-likeness (QED) is 0.419. The molecule has 1 radical (unpaired) electrons. The topological polar surface area (TPSA) is 17.1 Å². The van der Waals surface area contributed by atoms with Crippen molar-refractivity contribution in [1.29, 1.82) is 0 Å². The molecule has 1 nitrogen and oxygen atoms in total. The summed E-state index contributed by atoms with van der Waals surface area (Å²) in [6.45, 7) is 1.60. The Hall–Kier alpha value is 0.970. The van der Waals surface area contributed by atoms with Gasteiger partial charge in [0.05, 0.1) is 0 Å². The first-order valence-electron chi connectivity index (χ1n) is 0.704. The Labute approximate surface area is 47.3 Å². The summed E-state index contributed by atoms with van der Waals surface area (Å²) in [7, 11) is -0.167. The van der Waals surface area contributed by atoms with Gasteiger partial charge in [-0.1, -0.05) is 4.57 Å². The smallest absolute Gasteiger partial charge is 0.321 e. The summed E-state index contributed by atoms with van der Waals surface area (Å²) in [5.74, 6) is 0. The van der Waals surface area contributed by atoms with Crippen LogP contribution in [0.1, 0.15) is 1.43 Å². The van der Waals surface area contributed by atoms with Gasteiger partial charge in [0.15, 0.2) is 0 Å². The van der Waals surface area contributed by atoms with E-state index in [-0.39, 0.29) is 35.7 Å². The Morgan fingerprint density at radius 3 is 2.00 bits per heavy atom. The molecule has 0 aliphatic heterocycles. The maximum absolute atomic E-state index is 8.96. The summed E-state index contributed by atoms with van der Waals surface area (Å²) < 4.78 is 8.96. The van der Waals surface area contributed by atoms with Gasteiger partial charge in [-0.15, -0.1) is 0 Å². The fourth-order valence-corrected chi connectivity index (χ4v) is 0. The molecule has 0 fully saturated rings. The van der Waals surface area contributed by atoms with Crippen molar-refractivity contribution >= 4 is 8.46 Å². The minimum atomic E-state index is -0.167. The molecule has 0 aromatic heterocycles. The van der Waals surface area contributed by atoms with Crippen molar-refractivity contribution in [1.82, 2.24) is 0 Å². The minimum absolute atomic E-state index is 0. The zero-order chi connectivity index (χ0) is 2.71. The van der Waals surface area contributed by atoms with Gasteiger partial charge >= 0.3 is 8.46 Å². The molecule has 4 heavy (non-hydrogen) atoms. The van der Waals surface area contributed by atoms with Crippen LogP contribution in [0.25, 0.3) is 0 Å². The van der Waals surface area contributed by atoms with Crippen LogP contribution in [-0.4, -0.2) is 6.66 Å². The zero-order valence-electron chi connectivity index (χ0n) is 3.49. The van der Waals surface area contributed by atoms with Gasteiger partial charge in [-0.2, -0.15) is 0 Å². The summed E-state index contributed by atoms with van der Waals surface area (Å²) in [6.07, 6.45) is 0. The first-order valence-corrected chi connectivity index (χ1v) is 2.11. The molecule has 0 spiro atoms. The van der Waals surface area contributed by atoms with Crippen LogP contribution in [0.4, 0.5) is 0 Å². The van der Waals surface area contributed by atoms with Crippen molar-refractivity contribution in [3.63, 3.8) is 0 Å². The predicted molar refractivity (Wildman–Crippen MR) is 16.0 cm³/mol. The van der Waals surface area contributed by atoms with Gasteiger partial charge in [0.2, 0.25) is 0 Å². The van der Waals surface area contributed by atoms with E-state index in [4.69, 9.17) is 4.57 Å². The van der Waals surface area contributed by atoms with Gasteiger partial charge in [0.1, 0.15) is 6.66 Å². The van der Waals surface area contributed by atoms with E-state index in [1.807, 2.05) is 0 Å². The summed E-state index contributed by atoms with van der Waals surface area (Å²) >= 11 is 0. The molecule has 0 rings (SSSR count). The normalized spacial score (nSPS) is 5.25. The molecule has 0 bridgehead atoms. The van der Waals surface area contributed by atoms with E-state index in [0.717, 1.165) is 0 Å². The van der Waals surface area contributed by atoms with Gasteiger partial charge in [-0.25, -0.2) is 0 Å². The van der Waals surface area contributed by atoms with Crippen LogP contribution in [0.3, 0.4) is 0 Å². The van der Waals surface area contributed by atoms with Crippen molar-refractivity contribution in [3.05, 3.63) is 0 Å².